The number of likely N-dealkylation sites (N-methyl/N-ethyl adjacent to an activating group) is 1. The van der Waals surface area contributed by atoms with Crippen molar-refractivity contribution in [3.05, 3.63) is 29.8 Å². The second kappa shape index (κ2) is 8.00. The Morgan fingerprint density at radius 1 is 1.24 bits per heavy atom. The lowest BCUT2D eigenvalue weighted by atomic mass is 10.1. The Morgan fingerprint density at radius 2 is 2.00 bits per heavy atom. The number of carbonyl (C=O) groups is 2. The van der Waals surface area contributed by atoms with Crippen LogP contribution in [0.15, 0.2) is 24.3 Å². The van der Waals surface area contributed by atoms with E-state index < -0.39 is 0 Å². The van der Waals surface area contributed by atoms with E-state index in [0.717, 1.165) is 31.6 Å². The van der Waals surface area contributed by atoms with Crippen molar-refractivity contribution in [1.29, 1.82) is 0 Å². The van der Waals surface area contributed by atoms with Crippen molar-refractivity contribution in [2.45, 2.75) is 45.6 Å². The number of amides is 2. The van der Waals surface area contributed by atoms with Crippen molar-refractivity contribution in [2.75, 3.05) is 31.1 Å². The minimum atomic E-state index is -0.241. The zero-order valence-electron chi connectivity index (χ0n) is 15.3. The molecule has 2 aliphatic rings. The lowest BCUT2D eigenvalue weighted by Crippen LogP contribution is -2.42. The smallest absolute Gasteiger partial charge is 0.227 e. The number of anilines is 1. The third kappa shape index (κ3) is 4.03. The van der Waals surface area contributed by atoms with Gasteiger partial charge in [0.25, 0.3) is 0 Å². The SMILES string of the molecule is CCc1ccc(N2CC(C(=O)NCC3CCCN3CC)CC2=O)cc1. The summed E-state index contributed by atoms with van der Waals surface area (Å²) < 4.78 is 0. The molecule has 2 fully saturated rings. The van der Waals surface area contributed by atoms with E-state index in [-0.39, 0.29) is 17.7 Å². The molecule has 3 rings (SSSR count). The monoisotopic (exact) mass is 343 g/mol. The summed E-state index contributed by atoms with van der Waals surface area (Å²) in [6, 6.07) is 8.51. The van der Waals surface area contributed by atoms with Crippen LogP contribution in [0, 0.1) is 5.92 Å². The molecular weight excluding hydrogens is 314 g/mol. The number of nitrogens with one attached hydrogen (secondary N) is 1. The fraction of sp³-hybridized carbons (Fsp3) is 0.600. The van der Waals surface area contributed by atoms with Crippen LogP contribution in [0.2, 0.25) is 0 Å². The zero-order valence-corrected chi connectivity index (χ0v) is 15.3. The lowest BCUT2D eigenvalue weighted by molar-refractivity contribution is -0.126. The molecule has 5 heteroatoms. The number of carbonyl (C=O) groups excluding carboxylic acids is 2. The summed E-state index contributed by atoms with van der Waals surface area (Å²) in [7, 11) is 0. The Balaban J connectivity index is 1.55. The fourth-order valence-electron chi connectivity index (χ4n) is 3.95. The van der Waals surface area contributed by atoms with Gasteiger partial charge in [-0.25, -0.2) is 0 Å². The van der Waals surface area contributed by atoms with Gasteiger partial charge < -0.3 is 10.2 Å². The normalized spacial score (nSPS) is 24.1. The molecule has 2 aliphatic heterocycles. The first-order chi connectivity index (χ1) is 12.1. The number of hydrogen-bond acceptors (Lipinski definition) is 3. The summed E-state index contributed by atoms with van der Waals surface area (Å²) in [5.74, 6) is -0.181. The summed E-state index contributed by atoms with van der Waals surface area (Å²) in [5, 5.41) is 3.08. The minimum absolute atomic E-state index is 0.0176. The van der Waals surface area contributed by atoms with Crippen LogP contribution >= 0.6 is 0 Å². The van der Waals surface area contributed by atoms with Gasteiger partial charge in [0.1, 0.15) is 0 Å². The highest BCUT2D eigenvalue weighted by atomic mass is 16.2. The molecule has 0 aliphatic carbocycles. The van der Waals surface area contributed by atoms with E-state index in [1.54, 1.807) is 4.90 Å². The third-order valence-corrected chi connectivity index (χ3v) is 5.57. The number of nitrogens with zero attached hydrogens (tertiary/aromatic N) is 2. The van der Waals surface area contributed by atoms with Gasteiger partial charge in [-0.1, -0.05) is 26.0 Å². The van der Waals surface area contributed by atoms with Crippen LogP contribution in [0.3, 0.4) is 0 Å². The zero-order chi connectivity index (χ0) is 17.8. The second-order valence-corrected chi connectivity index (χ2v) is 7.10. The van der Waals surface area contributed by atoms with Crippen molar-refractivity contribution in [3.63, 3.8) is 0 Å². The molecule has 2 amide bonds. The predicted octanol–water partition coefficient (Wildman–Crippen LogP) is 2.20. The fourth-order valence-corrected chi connectivity index (χ4v) is 3.95. The number of aryl methyl sites for hydroxylation is 1. The van der Waals surface area contributed by atoms with Crippen molar-refractivity contribution >= 4 is 17.5 Å². The van der Waals surface area contributed by atoms with Crippen LogP contribution in [0.25, 0.3) is 0 Å². The van der Waals surface area contributed by atoms with Gasteiger partial charge in [-0.2, -0.15) is 0 Å². The van der Waals surface area contributed by atoms with E-state index in [1.807, 2.05) is 12.1 Å². The maximum atomic E-state index is 12.5. The van der Waals surface area contributed by atoms with Crippen LogP contribution in [-0.4, -0.2) is 48.9 Å². The van der Waals surface area contributed by atoms with E-state index in [1.165, 1.54) is 12.0 Å². The van der Waals surface area contributed by atoms with E-state index in [2.05, 4.69) is 36.2 Å². The van der Waals surface area contributed by atoms with Crippen LogP contribution in [0.1, 0.15) is 38.7 Å². The molecule has 1 aromatic rings. The van der Waals surface area contributed by atoms with E-state index in [0.29, 0.717) is 25.6 Å². The molecule has 136 valence electrons. The molecule has 2 atom stereocenters. The standard InChI is InChI=1S/C20H29N3O2/c1-3-15-7-9-17(10-8-15)23-14-16(12-19(23)24)20(25)21-13-18-6-5-11-22(18)4-2/h7-10,16,18H,3-6,11-14H2,1-2H3,(H,21,25). The number of hydrogen-bond donors (Lipinski definition) is 1. The molecule has 0 spiro atoms. The molecule has 2 saturated heterocycles. The lowest BCUT2D eigenvalue weighted by Gasteiger charge is -2.23. The molecule has 5 nitrogen and oxygen atoms in total. The first-order valence-electron chi connectivity index (χ1n) is 9.53. The first-order valence-corrected chi connectivity index (χ1v) is 9.53. The number of likely N-dealkylation sites (tertiary alicyclic amines) is 1. The van der Waals surface area contributed by atoms with Gasteiger partial charge in [0.05, 0.1) is 5.92 Å². The summed E-state index contributed by atoms with van der Waals surface area (Å²) in [6.07, 6.45) is 3.64. The van der Waals surface area contributed by atoms with E-state index in [9.17, 15) is 9.59 Å². The van der Waals surface area contributed by atoms with Crippen molar-refractivity contribution in [2.24, 2.45) is 5.92 Å². The van der Waals surface area contributed by atoms with Gasteiger partial charge in [0.2, 0.25) is 11.8 Å². The van der Waals surface area contributed by atoms with Crippen LogP contribution < -0.4 is 10.2 Å². The second-order valence-electron chi connectivity index (χ2n) is 7.10. The summed E-state index contributed by atoms with van der Waals surface area (Å²) in [4.78, 5) is 29.0. The Hall–Kier alpha value is -1.88. The Kier molecular flexibility index (Phi) is 5.74. The molecule has 1 aromatic carbocycles. The third-order valence-electron chi connectivity index (χ3n) is 5.57. The van der Waals surface area contributed by atoms with Crippen molar-refractivity contribution in [1.82, 2.24) is 10.2 Å². The summed E-state index contributed by atoms with van der Waals surface area (Å²) in [6.45, 7) is 7.61. The Bertz CT molecular complexity index is 614. The van der Waals surface area contributed by atoms with Gasteiger partial charge in [-0.3, -0.25) is 14.5 Å². The Labute approximate surface area is 150 Å². The average Bonchev–Trinajstić information content (AvgIpc) is 3.26. The van der Waals surface area contributed by atoms with Crippen LogP contribution in [-0.2, 0) is 16.0 Å². The average molecular weight is 343 g/mol. The predicted molar refractivity (Wildman–Crippen MR) is 99.6 cm³/mol. The minimum Gasteiger partial charge on any atom is -0.354 e. The Morgan fingerprint density at radius 3 is 2.68 bits per heavy atom. The van der Waals surface area contributed by atoms with Gasteiger partial charge in [0, 0.05) is 31.2 Å². The molecule has 2 heterocycles. The molecular formula is C20H29N3O2. The summed E-state index contributed by atoms with van der Waals surface area (Å²) in [5.41, 5.74) is 2.15. The molecule has 0 aromatic heterocycles. The van der Waals surface area contributed by atoms with Gasteiger partial charge in [0.15, 0.2) is 0 Å². The van der Waals surface area contributed by atoms with Gasteiger partial charge >= 0.3 is 0 Å². The van der Waals surface area contributed by atoms with Crippen molar-refractivity contribution in [3.8, 4) is 0 Å². The number of benzene rings is 1. The largest absolute Gasteiger partial charge is 0.354 e. The maximum Gasteiger partial charge on any atom is 0.227 e. The number of rotatable bonds is 6. The maximum absolute atomic E-state index is 12.5. The van der Waals surface area contributed by atoms with Crippen LogP contribution in [0.5, 0.6) is 0 Å². The summed E-state index contributed by atoms with van der Waals surface area (Å²) >= 11 is 0. The molecule has 0 radical (unpaired) electrons. The highest BCUT2D eigenvalue weighted by Gasteiger charge is 2.35. The highest BCUT2D eigenvalue weighted by molar-refractivity contribution is 6.00. The van der Waals surface area contributed by atoms with Crippen LogP contribution in [0.4, 0.5) is 5.69 Å². The van der Waals surface area contributed by atoms with E-state index >= 15 is 0 Å². The molecule has 25 heavy (non-hydrogen) atoms. The van der Waals surface area contributed by atoms with E-state index in [4.69, 9.17) is 0 Å². The first kappa shape index (κ1) is 17.9. The molecule has 1 N–H and O–H groups in total. The van der Waals surface area contributed by atoms with Gasteiger partial charge in [-0.15, -0.1) is 0 Å². The highest BCUT2D eigenvalue weighted by Crippen LogP contribution is 2.26. The topological polar surface area (TPSA) is 52.7 Å². The van der Waals surface area contributed by atoms with Gasteiger partial charge in [-0.05, 0) is 50.0 Å². The molecule has 0 saturated carbocycles. The van der Waals surface area contributed by atoms with Crippen molar-refractivity contribution < 1.29 is 9.59 Å². The molecule has 0 bridgehead atoms. The quantitative estimate of drug-likeness (QED) is 0.861. The molecule has 2 unspecified atom stereocenters.